The number of hydrogen-bond acceptors (Lipinski definition) is 7. The van der Waals surface area contributed by atoms with Crippen molar-refractivity contribution in [2.24, 2.45) is 11.8 Å². The van der Waals surface area contributed by atoms with Crippen LogP contribution in [0.4, 0.5) is 4.79 Å². The number of carbonyl (C=O) groups excluding carboxylic acids is 4. The van der Waals surface area contributed by atoms with E-state index in [0.29, 0.717) is 13.0 Å². The van der Waals surface area contributed by atoms with Crippen LogP contribution in [0.2, 0.25) is 0 Å². The van der Waals surface area contributed by atoms with Crippen LogP contribution in [0.3, 0.4) is 0 Å². The quantitative estimate of drug-likeness (QED) is 0.614. The number of ether oxygens (including phenoxy) is 1. The molecule has 178 valence electrons. The average molecular weight is 484 g/mol. The Balaban J connectivity index is 1.59. The molecule has 4 amide bonds. The Kier molecular flexibility index (Phi) is 6.24. The summed E-state index contributed by atoms with van der Waals surface area (Å²) in [5.74, 6) is 1.00. The Hall–Kier alpha value is -1.42. The molecule has 1 aliphatic carbocycles. The van der Waals surface area contributed by atoms with Crippen molar-refractivity contribution >= 4 is 47.3 Å². The van der Waals surface area contributed by atoms with E-state index < -0.39 is 21.8 Å². The minimum Gasteiger partial charge on any atom is -0.444 e. The van der Waals surface area contributed by atoms with E-state index in [0.717, 1.165) is 24.3 Å². The van der Waals surface area contributed by atoms with Gasteiger partial charge in [-0.1, -0.05) is 13.8 Å². The van der Waals surface area contributed by atoms with Gasteiger partial charge in [-0.3, -0.25) is 19.3 Å². The predicted molar refractivity (Wildman–Crippen MR) is 124 cm³/mol. The number of nitrogens with zero attached hydrogens (tertiary/aromatic N) is 2. The molecule has 0 radical (unpaired) electrons. The third-order valence-corrected chi connectivity index (χ3v) is 9.84. The number of likely N-dealkylation sites (tertiary alicyclic amines) is 2. The van der Waals surface area contributed by atoms with E-state index in [9.17, 15) is 19.2 Å². The van der Waals surface area contributed by atoms with Gasteiger partial charge in [0.1, 0.15) is 11.6 Å². The highest BCUT2D eigenvalue weighted by Gasteiger charge is 2.68. The first-order valence-electron chi connectivity index (χ1n) is 11.4. The first-order chi connectivity index (χ1) is 15.0. The second kappa shape index (κ2) is 8.42. The number of rotatable bonds is 4. The Morgan fingerprint density at radius 2 is 1.75 bits per heavy atom. The summed E-state index contributed by atoms with van der Waals surface area (Å²) in [6, 6.07) is -1.42. The zero-order chi connectivity index (χ0) is 23.4. The maximum Gasteiger partial charge on any atom is 0.408 e. The zero-order valence-corrected chi connectivity index (χ0v) is 21.0. The van der Waals surface area contributed by atoms with Crippen molar-refractivity contribution in [3.05, 3.63) is 0 Å². The van der Waals surface area contributed by atoms with E-state index in [1.54, 1.807) is 49.2 Å². The highest BCUT2D eigenvalue weighted by molar-refractivity contribution is 8.22. The first kappa shape index (κ1) is 23.7. The summed E-state index contributed by atoms with van der Waals surface area (Å²) in [5, 5.41) is 2.75. The number of carbonyl (C=O) groups is 4. The molecule has 1 spiro atoms. The Morgan fingerprint density at radius 3 is 2.28 bits per heavy atom. The van der Waals surface area contributed by atoms with Gasteiger partial charge in [-0.25, -0.2) is 4.79 Å². The molecule has 3 aliphatic heterocycles. The monoisotopic (exact) mass is 483 g/mol. The third-order valence-electron chi connectivity index (χ3n) is 6.37. The van der Waals surface area contributed by atoms with Crippen LogP contribution < -0.4 is 5.32 Å². The van der Waals surface area contributed by atoms with Crippen LogP contribution in [0.5, 0.6) is 0 Å². The lowest BCUT2D eigenvalue weighted by atomic mass is 10.0. The van der Waals surface area contributed by atoms with Crippen LogP contribution in [-0.4, -0.2) is 79.5 Å². The van der Waals surface area contributed by atoms with E-state index in [-0.39, 0.29) is 41.6 Å². The zero-order valence-electron chi connectivity index (χ0n) is 19.4. The number of hydrogen-bond donors (Lipinski definition) is 1. The second-order valence-corrected chi connectivity index (χ2v) is 13.3. The van der Waals surface area contributed by atoms with Gasteiger partial charge in [-0.2, -0.15) is 0 Å². The minimum absolute atomic E-state index is 0.0480. The highest BCUT2D eigenvalue weighted by atomic mass is 32.2. The summed E-state index contributed by atoms with van der Waals surface area (Å²) in [5.41, 5.74) is -0.671. The summed E-state index contributed by atoms with van der Waals surface area (Å²) >= 11 is 3.13. The van der Waals surface area contributed by atoms with Gasteiger partial charge in [0, 0.05) is 24.0 Å². The SMILES string of the molecule is CC(C)C(NC(=O)OC(C)(C)C)C(=O)N1CC[C@H]2[C@H]1C1(SCCS1)C(=O)N2C(=O)C1CC1. The van der Waals surface area contributed by atoms with Gasteiger partial charge in [0.15, 0.2) is 4.08 Å². The molecule has 0 aromatic heterocycles. The molecule has 8 nitrogen and oxygen atoms in total. The standard InChI is InChI=1S/C22H33N3O5S2/c1-12(2)15(23-20(29)30-21(3,4)5)18(27)24-9-8-14-16(24)22(31-10-11-32-22)19(28)25(14)17(26)13-6-7-13/h12-16H,6-11H2,1-5H3,(H,23,29)/t14-,15?,16-/m0/s1. The fourth-order valence-electron chi connectivity index (χ4n) is 4.84. The van der Waals surface area contributed by atoms with Crippen LogP contribution in [0.15, 0.2) is 0 Å². The summed E-state index contributed by atoms with van der Waals surface area (Å²) in [7, 11) is 0. The van der Waals surface area contributed by atoms with E-state index >= 15 is 0 Å². The molecule has 1 unspecified atom stereocenters. The number of thioether (sulfide) groups is 2. The number of alkyl carbamates (subject to hydrolysis) is 1. The molecule has 0 bridgehead atoms. The van der Waals surface area contributed by atoms with Crippen molar-refractivity contribution in [3.63, 3.8) is 0 Å². The van der Waals surface area contributed by atoms with E-state index in [2.05, 4.69) is 5.32 Å². The smallest absolute Gasteiger partial charge is 0.408 e. The molecule has 1 saturated carbocycles. The van der Waals surface area contributed by atoms with Gasteiger partial charge < -0.3 is 15.0 Å². The fraction of sp³-hybridized carbons (Fsp3) is 0.818. The Bertz CT molecular complexity index is 817. The van der Waals surface area contributed by atoms with Gasteiger partial charge in [0.05, 0.1) is 12.1 Å². The van der Waals surface area contributed by atoms with E-state index in [1.165, 1.54) is 4.90 Å². The molecule has 3 atom stereocenters. The van der Waals surface area contributed by atoms with Crippen molar-refractivity contribution < 1.29 is 23.9 Å². The number of imide groups is 1. The molecule has 4 aliphatic rings. The maximum atomic E-state index is 13.7. The van der Waals surface area contributed by atoms with Crippen molar-refractivity contribution in [2.75, 3.05) is 18.1 Å². The highest BCUT2D eigenvalue weighted by Crippen LogP contribution is 2.57. The van der Waals surface area contributed by atoms with Crippen LogP contribution >= 0.6 is 23.5 Å². The largest absolute Gasteiger partial charge is 0.444 e. The normalized spacial score (nSPS) is 27.8. The molecule has 10 heteroatoms. The van der Waals surface area contributed by atoms with Crippen molar-refractivity contribution in [3.8, 4) is 0 Å². The molecule has 4 fully saturated rings. The summed E-state index contributed by atoms with van der Waals surface area (Å²) < 4.78 is 4.55. The lowest BCUT2D eigenvalue weighted by molar-refractivity contribution is -0.144. The van der Waals surface area contributed by atoms with E-state index in [1.807, 2.05) is 13.8 Å². The molecule has 0 aromatic rings. The molecule has 3 saturated heterocycles. The van der Waals surface area contributed by atoms with Gasteiger partial charge >= 0.3 is 6.09 Å². The lowest BCUT2D eigenvalue weighted by Gasteiger charge is -2.36. The summed E-state index contributed by atoms with van der Waals surface area (Å²) in [6.45, 7) is 9.56. The number of amides is 4. The van der Waals surface area contributed by atoms with Gasteiger partial charge in [0.2, 0.25) is 11.8 Å². The second-order valence-electron chi connectivity index (χ2n) is 10.4. The van der Waals surface area contributed by atoms with Gasteiger partial charge in [0.25, 0.3) is 5.91 Å². The molecule has 3 heterocycles. The molecule has 0 aromatic carbocycles. The number of nitrogens with one attached hydrogen (secondary N) is 1. The van der Waals surface area contributed by atoms with Crippen molar-refractivity contribution in [1.82, 2.24) is 15.1 Å². The van der Waals surface area contributed by atoms with Crippen molar-refractivity contribution in [1.29, 1.82) is 0 Å². The Morgan fingerprint density at radius 1 is 1.12 bits per heavy atom. The number of fused-ring (bicyclic) bond motifs is 2. The topological polar surface area (TPSA) is 96.0 Å². The van der Waals surface area contributed by atoms with E-state index in [4.69, 9.17) is 4.74 Å². The molecular formula is C22H33N3O5S2. The fourth-order valence-corrected chi connectivity index (χ4v) is 8.30. The Labute approximate surface area is 197 Å². The molecule has 4 rings (SSSR count). The van der Waals surface area contributed by atoms with Crippen LogP contribution in [-0.2, 0) is 19.1 Å². The predicted octanol–water partition coefficient (Wildman–Crippen LogP) is 2.46. The third kappa shape index (κ3) is 4.13. The molecule has 32 heavy (non-hydrogen) atoms. The minimum atomic E-state index is -0.825. The summed E-state index contributed by atoms with van der Waals surface area (Å²) in [6.07, 6.45) is 1.63. The van der Waals surface area contributed by atoms with Crippen LogP contribution in [0, 0.1) is 11.8 Å². The first-order valence-corrected chi connectivity index (χ1v) is 13.4. The maximum absolute atomic E-state index is 13.7. The molecule has 1 N–H and O–H groups in total. The van der Waals surface area contributed by atoms with Gasteiger partial charge in [-0.15, -0.1) is 23.5 Å². The summed E-state index contributed by atoms with van der Waals surface area (Å²) in [4.78, 5) is 56.0. The van der Waals surface area contributed by atoms with Crippen LogP contribution in [0.1, 0.15) is 53.9 Å². The van der Waals surface area contributed by atoms with Crippen molar-refractivity contribution in [2.45, 2.75) is 81.7 Å². The molecular weight excluding hydrogens is 450 g/mol. The average Bonchev–Trinajstić information content (AvgIpc) is 3.17. The van der Waals surface area contributed by atoms with Gasteiger partial charge in [-0.05, 0) is 46.0 Å². The van der Waals surface area contributed by atoms with Crippen LogP contribution in [0.25, 0.3) is 0 Å². The lowest BCUT2D eigenvalue weighted by Crippen LogP contribution is -2.57.